The van der Waals surface area contributed by atoms with E-state index in [9.17, 15) is 4.79 Å². The lowest BCUT2D eigenvalue weighted by molar-refractivity contribution is -0.131. The molecule has 1 N–H and O–H groups in total. The van der Waals surface area contributed by atoms with Crippen molar-refractivity contribution >= 4 is 18.1 Å². The van der Waals surface area contributed by atoms with Crippen LogP contribution in [0.2, 0.25) is 0 Å². The van der Waals surface area contributed by atoms with E-state index in [1.807, 2.05) is 0 Å². The lowest BCUT2D eigenvalue weighted by Crippen LogP contribution is -1.85. The van der Waals surface area contributed by atoms with Gasteiger partial charge in [0.1, 0.15) is 0 Å². The number of carboxylic acids is 1. The zero-order chi connectivity index (χ0) is 9.68. The zero-order valence-electron chi connectivity index (χ0n) is 7.10. The van der Waals surface area contributed by atoms with Gasteiger partial charge in [-0.15, -0.1) is 0 Å². The Morgan fingerprint density at radius 1 is 1.23 bits per heavy atom. The van der Waals surface area contributed by atoms with Crippen molar-refractivity contribution in [1.82, 2.24) is 0 Å². The molecule has 2 rings (SSSR count). The van der Waals surface area contributed by atoms with Crippen LogP contribution >= 0.6 is 0 Å². The van der Waals surface area contributed by atoms with Crippen LogP contribution < -0.4 is 0 Å². The number of carbonyl (C=O) groups is 1. The van der Waals surface area contributed by atoms with Crippen molar-refractivity contribution in [1.29, 1.82) is 0 Å². The van der Waals surface area contributed by atoms with Crippen LogP contribution in [0.4, 0.5) is 0 Å². The SMILES string of the molecule is C1=Cc2ccccc21.C=CC(=O)O. The summed E-state index contributed by atoms with van der Waals surface area (Å²) in [6, 6.07) is 8.36. The standard InChI is InChI=1S/C8H6.C3H4O2/c1-2-4-8-6-5-7(8)3-1;1-2-3(4)5/h1-6H;2H,1H2,(H,4,5). The first-order valence-corrected chi connectivity index (χ1v) is 3.86. The summed E-state index contributed by atoms with van der Waals surface area (Å²) in [4.78, 5) is 9.25. The molecule has 0 radical (unpaired) electrons. The second-order valence-electron chi connectivity index (χ2n) is 2.50. The van der Waals surface area contributed by atoms with Gasteiger partial charge in [0.25, 0.3) is 0 Å². The highest BCUT2D eigenvalue weighted by Gasteiger charge is 1.99. The second kappa shape index (κ2) is 4.26. The highest BCUT2D eigenvalue weighted by atomic mass is 16.4. The van der Waals surface area contributed by atoms with E-state index in [-0.39, 0.29) is 0 Å². The molecule has 0 aromatic heterocycles. The van der Waals surface area contributed by atoms with Crippen LogP contribution in [-0.4, -0.2) is 11.1 Å². The number of aliphatic carboxylic acids is 1. The minimum absolute atomic E-state index is 0.833. The summed E-state index contributed by atoms with van der Waals surface area (Å²) in [5.74, 6) is -0.981. The molecule has 1 aromatic carbocycles. The Balaban J connectivity index is 0.000000149. The Bertz CT molecular complexity index is 326. The van der Waals surface area contributed by atoms with Gasteiger partial charge >= 0.3 is 5.97 Å². The highest BCUT2D eigenvalue weighted by Crippen LogP contribution is 2.21. The summed E-state index contributed by atoms with van der Waals surface area (Å²) in [6.07, 6.45) is 5.07. The van der Waals surface area contributed by atoms with Crippen LogP contribution in [0.25, 0.3) is 12.2 Å². The smallest absolute Gasteiger partial charge is 0.327 e. The molecule has 2 heteroatoms. The Morgan fingerprint density at radius 2 is 1.62 bits per heavy atom. The number of fused-ring (bicyclic) bond motifs is 1. The molecule has 1 aliphatic carbocycles. The van der Waals surface area contributed by atoms with Crippen molar-refractivity contribution in [2.24, 2.45) is 0 Å². The molecule has 0 amide bonds. The van der Waals surface area contributed by atoms with E-state index >= 15 is 0 Å². The fourth-order valence-corrected chi connectivity index (χ4v) is 0.898. The molecular weight excluding hydrogens is 164 g/mol. The van der Waals surface area contributed by atoms with Crippen molar-refractivity contribution < 1.29 is 9.90 Å². The highest BCUT2D eigenvalue weighted by molar-refractivity contribution is 5.85. The quantitative estimate of drug-likeness (QED) is 0.674. The van der Waals surface area contributed by atoms with Crippen LogP contribution in [0.15, 0.2) is 36.9 Å². The van der Waals surface area contributed by atoms with E-state index in [1.54, 1.807) is 0 Å². The topological polar surface area (TPSA) is 37.3 Å². The van der Waals surface area contributed by atoms with Crippen molar-refractivity contribution in [3.63, 3.8) is 0 Å². The van der Waals surface area contributed by atoms with E-state index in [0.29, 0.717) is 0 Å². The Kier molecular flexibility index (Phi) is 3.03. The molecule has 0 heterocycles. The average molecular weight is 174 g/mol. The predicted molar refractivity (Wildman–Crippen MR) is 53.2 cm³/mol. The minimum atomic E-state index is -0.981. The Labute approximate surface area is 76.8 Å². The van der Waals surface area contributed by atoms with Crippen LogP contribution in [0.1, 0.15) is 11.1 Å². The minimum Gasteiger partial charge on any atom is -0.478 e. The Morgan fingerprint density at radius 3 is 1.77 bits per heavy atom. The lowest BCUT2D eigenvalue weighted by Gasteiger charge is -2.06. The fraction of sp³-hybridized carbons (Fsp3) is 0. The van der Waals surface area contributed by atoms with Crippen molar-refractivity contribution in [3.05, 3.63) is 48.0 Å². The third-order valence-corrected chi connectivity index (χ3v) is 1.61. The maximum Gasteiger partial charge on any atom is 0.327 e. The number of hydrogen-bond donors (Lipinski definition) is 1. The molecule has 13 heavy (non-hydrogen) atoms. The largest absolute Gasteiger partial charge is 0.478 e. The van der Waals surface area contributed by atoms with Gasteiger partial charge < -0.3 is 5.11 Å². The zero-order valence-corrected chi connectivity index (χ0v) is 7.10. The normalized spacial score (nSPS) is 10.2. The van der Waals surface area contributed by atoms with Crippen LogP contribution in [-0.2, 0) is 4.79 Å². The predicted octanol–water partition coefficient (Wildman–Crippen LogP) is 2.43. The number of carboxylic acid groups (broad SMARTS) is 1. The molecule has 66 valence electrons. The van der Waals surface area contributed by atoms with E-state index in [4.69, 9.17) is 5.11 Å². The lowest BCUT2D eigenvalue weighted by atomic mass is 9.99. The third-order valence-electron chi connectivity index (χ3n) is 1.61. The summed E-state index contributed by atoms with van der Waals surface area (Å²) >= 11 is 0. The maximum atomic E-state index is 9.25. The van der Waals surface area contributed by atoms with Crippen molar-refractivity contribution in [2.75, 3.05) is 0 Å². The third kappa shape index (κ3) is 2.60. The molecule has 0 bridgehead atoms. The first-order valence-electron chi connectivity index (χ1n) is 3.86. The molecule has 2 nitrogen and oxygen atoms in total. The fourth-order valence-electron chi connectivity index (χ4n) is 0.898. The molecule has 1 aromatic rings. The van der Waals surface area contributed by atoms with Gasteiger partial charge in [-0.3, -0.25) is 0 Å². The molecule has 0 saturated heterocycles. The van der Waals surface area contributed by atoms with Gasteiger partial charge in [0.05, 0.1) is 0 Å². The van der Waals surface area contributed by atoms with E-state index in [2.05, 4.69) is 43.0 Å². The molecule has 0 unspecified atom stereocenters. The van der Waals surface area contributed by atoms with Gasteiger partial charge in [-0.2, -0.15) is 0 Å². The molecule has 0 atom stereocenters. The second-order valence-corrected chi connectivity index (χ2v) is 2.50. The molecule has 0 spiro atoms. The molecular formula is C11H10O2. The summed E-state index contributed by atoms with van der Waals surface area (Å²) in [7, 11) is 0. The van der Waals surface area contributed by atoms with E-state index < -0.39 is 5.97 Å². The van der Waals surface area contributed by atoms with Crippen LogP contribution in [0.3, 0.4) is 0 Å². The van der Waals surface area contributed by atoms with E-state index in [1.165, 1.54) is 11.1 Å². The first-order chi connectivity index (χ1) is 6.24. The summed E-state index contributed by atoms with van der Waals surface area (Å²) in [6.45, 7) is 2.96. The molecule has 0 aliphatic heterocycles. The number of benzene rings is 1. The van der Waals surface area contributed by atoms with Gasteiger partial charge in [0, 0.05) is 6.08 Å². The number of rotatable bonds is 1. The summed E-state index contributed by atoms with van der Waals surface area (Å²) in [5.41, 5.74) is 2.74. The maximum absolute atomic E-state index is 9.25. The Hall–Kier alpha value is -1.83. The van der Waals surface area contributed by atoms with Crippen LogP contribution in [0.5, 0.6) is 0 Å². The molecule has 0 fully saturated rings. The summed E-state index contributed by atoms with van der Waals surface area (Å²) in [5, 5.41) is 7.60. The van der Waals surface area contributed by atoms with Crippen LogP contribution in [0, 0.1) is 0 Å². The summed E-state index contributed by atoms with van der Waals surface area (Å²) < 4.78 is 0. The van der Waals surface area contributed by atoms with Gasteiger partial charge in [-0.1, -0.05) is 43.0 Å². The molecule has 1 aliphatic rings. The average Bonchev–Trinajstić information content (AvgIpc) is 2.08. The van der Waals surface area contributed by atoms with Gasteiger partial charge in [-0.05, 0) is 11.1 Å². The first kappa shape index (κ1) is 9.26. The molecule has 0 saturated carbocycles. The van der Waals surface area contributed by atoms with Gasteiger partial charge in [0.15, 0.2) is 0 Å². The van der Waals surface area contributed by atoms with Gasteiger partial charge in [-0.25, -0.2) is 4.79 Å². The number of hydrogen-bond acceptors (Lipinski definition) is 1. The van der Waals surface area contributed by atoms with E-state index in [0.717, 1.165) is 6.08 Å². The van der Waals surface area contributed by atoms with Crippen molar-refractivity contribution in [3.8, 4) is 0 Å². The monoisotopic (exact) mass is 174 g/mol. The van der Waals surface area contributed by atoms with Crippen molar-refractivity contribution in [2.45, 2.75) is 0 Å². The van der Waals surface area contributed by atoms with Gasteiger partial charge in [0.2, 0.25) is 0 Å².